The number of carbonyl (C=O) groups excluding carboxylic acids is 2. The summed E-state index contributed by atoms with van der Waals surface area (Å²) in [5.41, 5.74) is 2.11. The maximum absolute atomic E-state index is 12.4. The second kappa shape index (κ2) is 7.68. The largest absolute Gasteiger partial charge is 0.372 e. The van der Waals surface area contributed by atoms with Crippen molar-refractivity contribution in [3.8, 4) is 0 Å². The molecule has 1 aromatic rings. The van der Waals surface area contributed by atoms with E-state index in [1.165, 1.54) is 10.6 Å². The van der Waals surface area contributed by atoms with Crippen molar-refractivity contribution >= 4 is 34.7 Å². The van der Waals surface area contributed by atoms with Crippen LogP contribution in [0.25, 0.3) is 6.08 Å². The molecular formula is C18H24N2O2S. The van der Waals surface area contributed by atoms with Gasteiger partial charge in [0.15, 0.2) is 0 Å². The molecule has 0 unspecified atom stereocenters. The molecule has 1 aliphatic rings. The Kier molecular flexibility index (Phi) is 5.88. The molecule has 1 aromatic carbocycles. The lowest BCUT2D eigenvalue weighted by Crippen LogP contribution is -2.36. The number of hydrogen-bond acceptors (Lipinski definition) is 4. The zero-order valence-corrected chi connectivity index (χ0v) is 15.0. The lowest BCUT2D eigenvalue weighted by Gasteiger charge is -2.21. The van der Waals surface area contributed by atoms with Crippen LogP contribution in [0.3, 0.4) is 0 Å². The smallest absolute Gasteiger partial charge is 0.293 e. The molecule has 1 saturated heterocycles. The number of thioether (sulfide) groups is 1. The highest BCUT2D eigenvalue weighted by Crippen LogP contribution is 2.34. The van der Waals surface area contributed by atoms with Gasteiger partial charge >= 0.3 is 0 Å². The fourth-order valence-corrected chi connectivity index (χ4v) is 3.49. The Morgan fingerprint density at radius 2 is 1.74 bits per heavy atom. The van der Waals surface area contributed by atoms with Gasteiger partial charge in [-0.25, -0.2) is 0 Å². The fraction of sp³-hybridized carbons (Fsp3) is 0.444. The number of hydrogen-bond donors (Lipinski definition) is 0. The summed E-state index contributed by atoms with van der Waals surface area (Å²) in [6.45, 7) is 10.1. The van der Waals surface area contributed by atoms with E-state index in [9.17, 15) is 9.59 Å². The van der Waals surface area contributed by atoms with Crippen molar-refractivity contribution in [2.75, 3.05) is 18.0 Å². The normalized spacial score (nSPS) is 17.9. The van der Waals surface area contributed by atoms with Crippen molar-refractivity contribution in [1.82, 2.24) is 4.90 Å². The highest BCUT2D eigenvalue weighted by molar-refractivity contribution is 8.18. The summed E-state index contributed by atoms with van der Waals surface area (Å²) < 4.78 is 0. The quantitative estimate of drug-likeness (QED) is 0.725. The molecule has 124 valence electrons. The van der Waals surface area contributed by atoms with Crippen molar-refractivity contribution < 1.29 is 9.59 Å². The maximum atomic E-state index is 12.4. The van der Waals surface area contributed by atoms with Crippen LogP contribution >= 0.6 is 11.8 Å². The van der Waals surface area contributed by atoms with Crippen LogP contribution < -0.4 is 4.90 Å². The topological polar surface area (TPSA) is 40.6 Å². The summed E-state index contributed by atoms with van der Waals surface area (Å²) in [4.78, 5) is 28.6. The van der Waals surface area contributed by atoms with E-state index >= 15 is 0 Å². The molecule has 0 bridgehead atoms. The first-order chi connectivity index (χ1) is 11.0. The molecule has 4 nitrogen and oxygen atoms in total. The van der Waals surface area contributed by atoms with Crippen molar-refractivity contribution in [3.05, 3.63) is 34.7 Å². The maximum Gasteiger partial charge on any atom is 0.293 e. The Morgan fingerprint density at radius 1 is 1.13 bits per heavy atom. The molecule has 2 rings (SSSR count). The lowest BCUT2D eigenvalue weighted by atomic mass is 10.1. The van der Waals surface area contributed by atoms with E-state index in [-0.39, 0.29) is 17.2 Å². The number of benzene rings is 1. The van der Waals surface area contributed by atoms with Gasteiger partial charge in [-0.3, -0.25) is 14.5 Å². The SMILES string of the molecule is CC[C@@H](C)N1C(=O)SC(=Cc2ccc(N(CC)CC)cc2)C1=O. The number of nitrogens with zero attached hydrogens (tertiary/aromatic N) is 2. The zero-order valence-electron chi connectivity index (χ0n) is 14.2. The van der Waals surface area contributed by atoms with Crippen molar-refractivity contribution in [2.24, 2.45) is 0 Å². The Hall–Kier alpha value is -1.75. The van der Waals surface area contributed by atoms with Crippen LogP contribution in [0.5, 0.6) is 0 Å². The van der Waals surface area contributed by atoms with Gasteiger partial charge in [0.2, 0.25) is 0 Å². The molecule has 5 heteroatoms. The standard InChI is InChI=1S/C18H24N2O2S/c1-5-13(4)20-17(21)16(23-18(20)22)12-14-8-10-15(11-9-14)19(6-2)7-3/h8-13H,5-7H2,1-4H3/t13-/m1/s1. The predicted molar refractivity (Wildman–Crippen MR) is 97.6 cm³/mol. The van der Waals surface area contributed by atoms with Gasteiger partial charge in [-0.2, -0.15) is 0 Å². The second-order valence-corrected chi connectivity index (χ2v) is 6.57. The first-order valence-corrected chi connectivity index (χ1v) is 8.95. The van der Waals surface area contributed by atoms with Gasteiger partial charge < -0.3 is 4.90 Å². The number of anilines is 1. The average molecular weight is 332 g/mol. The molecule has 0 N–H and O–H groups in total. The van der Waals surface area contributed by atoms with E-state index in [0.717, 1.165) is 36.8 Å². The van der Waals surface area contributed by atoms with Gasteiger partial charge in [-0.1, -0.05) is 19.1 Å². The van der Waals surface area contributed by atoms with Gasteiger partial charge in [-0.05, 0) is 62.7 Å². The number of amides is 2. The number of rotatable bonds is 6. The van der Waals surface area contributed by atoms with Gasteiger partial charge in [0.05, 0.1) is 4.91 Å². The Labute approximate surface area is 142 Å². The van der Waals surface area contributed by atoms with Crippen molar-refractivity contribution in [2.45, 2.75) is 40.2 Å². The highest BCUT2D eigenvalue weighted by atomic mass is 32.2. The molecule has 0 aromatic heterocycles. The van der Waals surface area contributed by atoms with E-state index in [1.807, 2.05) is 26.0 Å². The van der Waals surface area contributed by atoms with Crippen LogP contribution in [0, 0.1) is 0 Å². The van der Waals surface area contributed by atoms with Crippen LogP contribution in [-0.4, -0.2) is 35.2 Å². The number of imide groups is 1. The molecule has 1 fully saturated rings. The molecule has 1 atom stereocenters. The Bertz CT molecular complexity index is 606. The Balaban J connectivity index is 2.19. The van der Waals surface area contributed by atoms with Crippen LogP contribution in [0.4, 0.5) is 10.5 Å². The van der Waals surface area contributed by atoms with E-state index < -0.39 is 0 Å². The van der Waals surface area contributed by atoms with E-state index in [0.29, 0.717) is 4.91 Å². The fourth-order valence-electron chi connectivity index (χ4n) is 2.56. The first-order valence-electron chi connectivity index (χ1n) is 8.13. The van der Waals surface area contributed by atoms with Crippen LogP contribution in [0.1, 0.15) is 39.7 Å². The molecule has 1 aliphatic heterocycles. The summed E-state index contributed by atoms with van der Waals surface area (Å²) in [7, 11) is 0. The van der Waals surface area contributed by atoms with Gasteiger partial charge in [0.1, 0.15) is 0 Å². The average Bonchev–Trinajstić information content (AvgIpc) is 2.83. The third kappa shape index (κ3) is 3.78. The molecule has 2 amide bonds. The monoisotopic (exact) mass is 332 g/mol. The van der Waals surface area contributed by atoms with E-state index in [4.69, 9.17) is 0 Å². The van der Waals surface area contributed by atoms with Gasteiger partial charge in [0.25, 0.3) is 11.1 Å². The lowest BCUT2D eigenvalue weighted by molar-refractivity contribution is -0.124. The number of carbonyl (C=O) groups is 2. The summed E-state index contributed by atoms with van der Waals surface area (Å²) >= 11 is 1.03. The molecule has 0 spiro atoms. The third-order valence-electron chi connectivity index (χ3n) is 4.17. The molecule has 0 aliphatic carbocycles. The molecule has 23 heavy (non-hydrogen) atoms. The van der Waals surface area contributed by atoms with Gasteiger partial charge in [-0.15, -0.1) is 0 Å². The third-order valence-corrected chi connectivity index (χ3v) is 5.06. The minimum absolute atomic E-state index is 0.0570. The minimum Gasteiger partial charge on any atom is -0.372 e. The highest BCUT2D eigenvalue weighted by Gasteiger charge is 2.37. The summed E-state index contributed by atoms with van der Waals surface area (Å²) in [5.74, 6) is -0.179. The molecule has 1 heterocycles. The molecule has 0 saturated carbocycles. The summed E-state index contributed by atoms with van der Waals surface area (Å²) in [5, 5.41) is -0.171. The minimum atomic E-state index is -0.179. The van der Waals surface area contributed by atoms with Crippen LogP contribution in [-0.2, 0) is 4.79 Å². The van der Waals surface area contributed by atoms with Crippen LogP contribution in [0.2, 0.25) is 0 Å². The molecular weight excluding hydrogens is 308 g/mol. The van der Waals surface area contributed by atoms with Crippen LogP contribution in [0.15, 0.2) is 29.2 Å². The first kappa shape index (κ1) is 17.6. The van der Waals surface area contributed by atoms with Crippen molar-refractivity contribution in [3.63, 3.8) is 0 Å². The van der Waals surface area contributed by atoms with Gasteiger partial charge in [0, 0.05) is 24.8 Å². The summed E-state index contributed by atoms with van der Waals surface area (Å²) in [6, 6.07) is 8.03. The van der Waals surface area contributed by atoms with E-state index in [1.54, 1.807) is 6.08 Å². The van der Waals surface area contributed by atoms with Crippen molar-refractivity contribution in [1.29, 1.82) is 0 Å². The Morgan fingerprint density at radius 3 is 2.26 bits per heavy atom. The zero-order chi connectivity index (χ0) is 17.0. The summed E-state index contributed by atoms with van der Waals surface area (Å²) in [6.07, 6.45) is 2.57. The predicted octanol–water partition coefficient (Wildman–Crippen LogP) is 4.37. The van der Waals surface area contributed by atoms with E-state index in [2.05, 4.69) is 30.9 Å². The molecule has 0 radical (unpaired) electrons. The second-order valence-electron chi connectivity index (χ2n) is 5.57.